The number of hydroxylamine groups is 1. The van der Waals surface area contributed by atoms with Gasteiger partial charge in [0, 0.05) is 6.54 Å². The van der Waals surface area contributed by atoms with Crippen molar-refractivity contribution in [3.05, 3.63) is 65.7 Å². The molecule has 2 aromatic rings. The molecule has 0 spiro atoms. The Balaban J connectivity index is 1.69. The van der Waals surface area contributed by atoms with Crippen molar-refractivity contribution in [2.45, 2.75) is 38.3 Å². The standard InChI is InChI=1S/C21H24N2O4/c1-15(19(24)22-26)23-13-12-21(2,20(23)25)17-8-10-18(11-9-17)27-14-16-6-4-3-5-7-16/h3-11,15,26H,12-14H2,1-2H3,(H,22,24)/t15-,21?/m1/s1. The van der Waals surface area contributed by atoms with Gasteiger partial charge in [-0.3, -0.25) is 14.8 Å². The minimum atomic E-state index is -0.710. The van der Waals surface area contributed by atoms with Crippen molar-refractivity contribution >= 4 is 11.8 Å². The van der Waals surface area contributed by atoms with E-state index in [2.05, 4.69) is 0 Å². The van der Waals surface area contributed by atoms with Gasteiger partial charge in [-0.15, -0.1) is 0 Å². The molecular formula is C21H24N2O4. The van der Waals surface area contributed by atoms with Crippen LogP contribution in [-0.2, 0) is 21.6 Å². The summed E-state index contributed by atoms with van der Waals surface area (Å²) >= 11 is 0. The number of likely N-dealkylation sites (tertiary alicyclic amines) is 1. The summed E-state index contributed by atoms with van der Waals surface area (Å²) in [6.45, 7) is 4.45. The van der Waals surface area contributed by atoms with Crippen LogP contribution in [0.1, 0.15) is 31.4 Å². The Labute approximate surface area is 158 Å². The van der Waals surface area contributed by atoms with Crippen LogP contribution >= 0.6 is 0 Å². The quantitative estimate of drug-likeness (QED) is 0.607. The second-order valence-corrected chi connectivity index (χ2v) is 7.03. The molecule has 1 aliphatic rings. The first-order valence-corrected chi connectivity index (χ1v) is 8.98. The van der Waals surface area contributed by atoms with Crippen LogP contribution in [0.2, 0.25) is 0 Å². The second kappa shape index (κ2) is 7.80. The van der Waals surface area contributed by atoms with E-state index in [1.807, 2.05) is 61.5 Å². The molecule has 27 heavy (non-hydrogen) atoms. The molecule has 1 unspecified atom stereocenters. The third-order valence-electron chi connectivity index (χ3n) is 5.28. The van der Waals surface area contributed by atoms with Gasteiger partial charge in [-0.1, -0.05) is 42.5 Å². The topological polar surface area (TPSA) is 78.9 Å². The number of nitrogens with one attached hydrogen (secondary N) is 1. The number of ether oxygens (including phenoxy) is 1. The van der Waals surface area contributed by atoms with Gasteiger partial charge < -0.3 is 9.64 Å². The Morgan fingerprint density at radius 2 is 1.89 bits per heavy atom. The van der Waals surface area contributed by atoms with Crippen LogP contribution in [0.3, 0.4) is 0 Å². The normalized spacial score (nSPS) is 20.4. The molecule has 1 heterocycles. The van der Waals surface area contributed by atoms with Crippen molar-refractivity contribution in [2.75, 3.05) is 6.54 Å². The van der Waals surface area contributed by atoms with Gasteiger partial charge in [0.25, 0.3) is 5.91 Å². The zero-order valence-electron chi connectivity index (χ0n) is 15.5. The lowest BCUT2D eigenvalue weighted by molar-refractivity contribution is -0.143. The number of hydrogen-bond acceptors (Lipinski definition) is 4. The van der Waals surface area contributed by atoms with Gasteiger partial charge in [0.15, 0.2) is 0 Å². The molecule has 0 bridgehead atoms. The Morgan fingerprint density at radius 1 is 1.22 bits per heavy atom. The van der Waals surface area contributed by atoms with Gasteiger partial charge in [-0.2, -0.15) is 0 Å². The lowest BCUT2D eigenvalue weighted by Crippen LogP contribution is -2.47. The molecule has 0 aliphatic carbocycles. The lowest BCUT2D eigenvalue weighted by atomic mass is 9.81. The van der Waals surface area contributed by atoms with Gasteiger partial charge in [-0.25, -0.2) is 5.48 Å². The van der Waals surface area contributed by atoms with Crippen molar-refractivity contribution in [1.29, 1.82) is 0 Å². The molecule has 3 rings (SSSR count). The zero-order valence-corrected chi connectivity index (χ0v) is 15.5. The maximum atomic E-state index is 12.9. The van der Waals surface area contributed by atoms with E-state index in [-0.39, 0.29) is 5.91 Å². The Bertz CT molecular complexity index is 807. The summed E-state index contributed by atoms with van der Waals surface area (Å²) in [7, 11) is 0. The largest absolute Gasteiger partial charge is 0.489 e. The van der Waals surface area contributed by atoms with Crippen LogP contribution < -0.4 is 10.2 Å². The zero-order chi connectivity index (χ0) is 19.4. The fourth-order valence-electron chi connectivity index (χ4n) is 3.40. The summed E-state index contributed by atoms with van der Waals surface area (Å²) in [5, 5.41) is 8.81. The van der Waals surface area contributed by atoms with E-state index < -0.39 is 17.4 Å². The molecule has 2 N–H and O–H groups in total. The number of rotatable bonds is 6. The van der Waals surface area contributed by atoms with E-state index in [0.717, 1.165) is 16.9 Å². The minimum absolute atomic E-state index is 0.114. The van der Waals surface area contributed by atoms with Gasteiger partial charge in [0.05, 0.1) is 5.41 Å². The van der Waals surface area contributed by atoms with Crippen LogP contribution in [0.5, 0.6) is 5.75 Å². The highest BCUT2D eigenvalue weighted by atomic mass is 16.5. The predicted molar refractivity (Wildman–Crippen MR) is 100 cm³/mol. The van der Waals surface area contributed by atoms with Crippen LogP contribution in [0.15, 0.2) is 54.6 Å². The van der Waals surface area contributed by atoms with Crippen molar-refractivity contribution in [3.63, 3.8) is 0 Å². The highest BCUT2D eigenvalue weighted by Crippen LogP contribution is 2.37. The van der Waals surface area contributed by atoms with Crippen molar-refractivity contribution < 1.29 is 19.5 Å². The summed E-state index contributed by atoms with van der Waals surface area (Å²) in [6.07, 6.45) is 0.610. The van der Waals surface area contributed by atoms with Crippen LogP contribution in [0.4, 0.5) is 0 Å². The first kappa shape index (κ1) is 18.9. The van der Waals surface area contributed by atoms with E-state index >= 15 is 0 Å². The Kier molecular flexibility index (Phi) is 5.46. The first-order valence-electron chi connectivity index (χ1n) is 8.98. The molecule has 0 radical (unpaired) electrons. The smallest absolute Gasteiger partial charge is 0.265 e. The van der Waals surface area contributed by atoms with E-state index in [0.29, 0.717) is 19.6 Å². The Hall–Kier alpha value is -2.86. The average molecular weight is 368 g/mol. The molecule has 2 amide bonds. The summed E-state index contributed by atoms with van der Waals surface area (Å²) < 4.78 is 5.80. The second-order valence-electron chi connectivity index (χ2n) is 7.03. The predicted octanol–water partition coefficient (Wildman–Crippen LogP) is 2.65. The third kappa shape index (κ3) is 3.80. The third-order valence-corrected chi connectivity index (χ3v) is 5.28. The van der Waals surface area contributed by atoms with E-state index in [1.54, 1.807) is 12.4 Å². The van der Waals surface area contributed by atoms with Gasteiger partial charge >= 0.3 is 0 Å². The monoisotopic (exact) mass is 368 g/mol. The van der Waals surface area contributed by atoms with Gasteiger partial charge in [0.1, 0.15) is 18.4 Å². The maximum absolute atomic E-state index is 12.9. The minimum Gasteiger partial charge on any atom is -0.489 e. The van der Waals surface area contributed by atoms with Crippen molar-refractivity contribution in [3.8, 4) is 5.75 Å². The molecule has 0 saturated carbocycles. The molecule has 6 heteroatoms. The molecule has 2 aromatic carbocycles. The highest BCUT2D eigenvalue weighted by molar-refractivity contribution is 5.94. The highest BCUT2D eigenvalue weighted by Gasteiger charge is 2.46. The number of hydrogen-bond donors (Lipinski definition) is 2. The van der Waals surface area contributed by atoms with E-state index in [4.69, 9.17) is 9.94 Å². The van der Waals surface area contributed by atoms with Crippen LogP contribution in [0, 0.1) is 0 Å². The van der Waals surface area contributed by atoms with E-state index in [9.17, 15) is 9.59 Å². The Morgan fingerprint density at radius 3 is 2.52 bits per heavy atom. The summed E-state index contributed by atoms with van der Waals surface area (Å²) in [5.74, 6) is 0.0374. The molecule has 1 fully saturated rings. The molecule has 1 saturated heterocycles. The van der Waals surface area contributed by atoms with Crippen molar-refractivity contribution in [2.24, 2.45) is 0 Å². The molecule has 2 atom stereocenters. The fraction of sp³-hybridized carbons (Fsp3) is 0.333. The number of benzene rings is 2. The van der Waals surface area contributed by atoms with Crippen LogP contribution in [-0.4, -0.2) is 34.5 Å². The SMILES string of the molecule is C[C@H](C(=O)NO)N1CCC(C)(c2ccc(OCc3ccccc3)cc2)C1=O. The lowest BCUT2D eigenvalue weighted by Gasteiger charge is -2.27. The fourth-order valence-corrected chi connectivity index (χ4v) is 3.40. The number of nitrogens with zero attached hydrogens (tertiary/aromatic N) is 1. The summed E-state index contributed by atoms with van der Waals surface area (Å²) in [5.41, 5.74) is 2.90. The van der Waals surface area contributed by atoms with Crippen molar-refractivity contribution in [1.82, 2.24) is 10.4 Å². The molecule has 0 aromatic heterocycles. The molecule has 142 valence electrons. The van der Waals surface area contributed by atoms with Gasteiger partial charge in [-0.05, 0) is 43.5 Å². The molecule has 1 aliphatic heterocycles. The molecule has 6 nitrogen and oxygen atoms in total. The summed E-state index contributed by atoms with van der Waals surface area (Å²) in [4.78, 5) is 26.1. The number of amides is 2. The van der Waals surface area contributed by atoms with Crippen LogP contribution in [0.25, 0.3) is 0 Å². The van der Waals surface area contributed by atoms with Gasteiger partial charge in [0.2, 0.25) is 5.91 Å². The maximum Gasteiger partial charge on any atom is 0.265 e. The number of carbonyl (C=O) groups excluding carboxylic acids is 2. The first-order chi connectivity index (χ1) is 13.0. The molecular weight excluding hydrogens is 344 g/mol. The number of carbonyl (C=O) groups is 2. The average Bonchev–Trinajstić information content (AvgIpc) is 3.02. The summed E-state index contributed by atoms with van der Waals surface area (Å²) in [6, 6.07) is 16.7. The van der Waals surface area contributed by atoms with E-state index in [1.165, 1.54) is 4.90 Å².